The van der Waals surface area contributed by atoms with Crippen molar-refractivity contribution < 1.29 is 9.53 Å². The second-order valence-electron chi connectivity index (χ2n) is 5.01. The summed E-state index contributed by atoms with van der Waals surface area (Å²) in [6.07, 6.45) is 10.1. The molecule has 0 unspecified atom stereocenters. The summed E-state index contributed by atoms with van der Waals surface area (Å²) in [7, 11) is 0. The molecule has 0 aliphatic rings. The third-order valence-corrected chi connectivity index (χ3v) is 2.75. The molecule has 0 aliphatic carbocycles. The summed E-state index contributed by atoms with van der Waals surface area (Å²) in [5, 5.41) is 0. The SMILES string of the molecule is CCCCCC(=O)OC/C=C(/C)CCC=C(C)C. The molecule has 0 aliphatic heterocycles. The highest BCUT2D eigenvalue weighted by Gasteiger charge is 2.00. The Kier molecular flexibility index (Phi) is 10.4. The number of ether oxygens (including phenoxy) is 1. The molecule has 18 heavy (non-hydrogen) atoms. The van der Waals surface area contributed by atoms with Crippen LogP contribution in [0.25, 0.3) is 0 Å². The first kappa shape index (κ1) is 16.9. The van der Waals surface area contributed by atoms with Crippen LogP contribution in [0.1, 0.15) is 66.2 Å². The van der Waals surface area contributed by atoms with Crippen molar-refractivity contribution in [1.29, 1.82) is 0 Å². The quantitative estimate of drug-likeness (QED) is 0.334. The van der Waals surface area contributed by atoms with Gasteiger partial charge in [0.2, 0.25) is 0 Å². The van der Waals surface area contributed by atoms with E-state index in [2.05, 4.69) is 33.8 Å². The first-order chi connectivity index (χ1) is 8.56. The summed E-state index contributed by atoms with van der Waals surface area (Å²) >= 11 is 0. The topological polar surface area (TPSA) is 26.3 Å². The zero-order chi connectivity index (χ0) is 13.8. The number of rotatable bonds is 9. The fourth-order valence-electron chi connectivity index (χ4n) is 1.56. The maximum Gasteiger partial charge on any atom is 0.306 e. The van der Waals surface area contributed by atoms with Crippen molar-refractivity contribution in [2.24, 2.45) is 0 Å². The Morgan fingerprint density at radius 3 is 2.39 bits per heavy atom. The molecule has 0 aromatic heterocycles. The van der Waals surface area contributed by atoms with Gasteiger partial charge in [-0.25, -0.2) is 0 Å². The van der Waals surface area contributed by atoms with Crippen LogP contribution in [0.5, 0.6) is 0 Å². The minimum Gasteiger partial charge on any atom is -0.461 e. The third kappa shape index (κ3) is 11.4. The third-order valence-electron chi connectivity index (χ3n) is 2.75. The predicted octanol–water partition coefficient (Wildman–Crippen LogP) is 4.80. The van der Waals surface area contributed by atoms with Gasteiger partial charge in [0.05, 0.1) is 0 Å². The van der Waals surface area contributed by atoms with Gasteiger partial charge in [0.15, 0.2) is 0 Å². The Bertz CT molecular complexity index is 283. The van der Waals surface area contributed by atoms with Crippen molar-refractivity contribution in [3.05, 3.63) is 23.3 Å². The van der Waals surface area contributed by atoms with Gasteiger partial charge in [-0.15, -0.1) is 0 Å². The van der Waals surface area contributed by atoms with Gasteiger partial charge < -0.3 is 4.74 Å². The molecule has 0 saturated heterocycles. The number of hydrogen-bond donors (Lipinski definition) is 0. The Morgan fingerprint density at radius 1 is 1.06 bits per heavy atom. The van der Waals surface area contributed by atoms with E-state index in [0.717, 1.165) is 32.1 Å². The minimum absolute atomic E-state index is 0.0724. The molecule has 0 aromatic rings. The summed E-state index contributed by atoms with van der Waals surface area (Å²) in [6.45, 7) is 8.85. The van der Waals surface area contributed by atoms with Crippen LogP contribution in [0.3, 0.4) is 0 Å². The average Bonchev–Trinajstić information content (AvgIpc) is 2.29. The van der Waals surface area contributed by atoms with E-state index in [1.54, 1.807) is 0 Å². The molecular weight excluding hydrogens is 224 g/mol. The highest BCUT2D eigenvalue weighted by Crippen LogP contribution is 2.07. The molecule has 104 valence electrons. The van der Waals surface area contributed by atoms with E-state index < -0.39 is 0 Å². The van der Waals surface area contributed by atoms with E-state index >= 15 is 0 Å². The second-order valence-corrected chi connectivity index (χ2v) is 5.01. The molecule has 0 spiro atoms. The van der Waals surface area contributed by atoms with Crippen LogP contribution < -0.4 is 0 Å². The number of esters is 1. The molecule has 0 bridgehead atoms. The lowest BCUT2D eigenvalue weighted by atomic mass is 10.1. The summed E-state index contributed by atoms with van der Waals surface area (Å²) in [5.74, 6) is -0.0724. The average molecular weight is 252 g/mol. The van der Waals surface area contributed by atoms with Crippen LogP contribution in [0.4, 0.5) is 0 Å². The summed E-state index contributed by atoms with van der Waals surface area (Å²) in [4.78, 5) is 11.3. The van der Waals surface area contributed by atoms with Crippen LogP contribution in [0, 0.1) is 0 Å². The minimum atomic E-state index is -0.0724. The zero-order valence-corrected chi connectivity index (χ0v) is 12.4. The molecule has 0 fully saturated rings. The number of hydrogen-bond acceptors (Lipinski definition) is 2. The standard InChI is InChI=1S/C16H28O2/c1-5-6-7-11-16(17)18-13-12-15(4)10-8-9-14(2)3/h9,12H,5-8,10-11,13H2,1-4H3/b15-12-. The maximum absolute atomic E-state index is 11.3. The first-order valence-corrected chi connectivity index (χ1v) is 7.00. The smallest absolute Gasteiger partial charge is 0.306 e. The molecule has 0 aromatic carbocycles. The zero-order valence-electron chi connectivity index (χ0n) is 12.4. The van der Waals surface area contributed by atoms with Gasteiger partial charge >= 0.3 is 5.97 Å². The second kappa shape index (κ2) is 11.1. The number of allylic oxidation sites excluding steroid dienone is 3. The number of carbonyl (C=O) groups is 1. The number of unbranched alkanes of at least 4 members (excludes halogenated alkanes) is 2. The molecule has 0 amide bonds. The van der Waals surface area contributed by atoms with Crippen molar-refractivity contribution in [2.75, 3.05) is 6.61 Å². The van der Waals surface area contributed by atoms with Crippen molar-refractivity contribution in [3.8, 4) is 0 Å². The highest BCUT2D eigenvalue weighted by molar-refractivity contribution is 5.69. The Balaban J connectivity index is 3.66. The lowest BCUT2D eigenvalue weighted by Crippen LogP contribution is -2.04. The molecule has 2 nitrogen and oxygen atoms in total. The van der Waals surface area contributed by atoms with Gasteiger partial charge in [0.25, 0.3) is 0 Å². The molecule has 0 heterocycles. The molecule has 0 N–H and O–H groups in total. The largest absolute Gasteiger partial charge is 0.461 e. The molecule has 0 rings (SSSR count). The van der Waals surface area contributed by atoms with Crippen molar-refractivity contribution in [2.45, 2.75) is 66.2 Å². The fraction of sp³-hybridized carbons (Fsp3) is 0.688. The predicted molar refractivity (Wildman–Crippen MR) is 77.5 cm³/mol. The van der Waals surface area contributed by atoms with Crippen molar-refractivity contribution >= 4 is 5.97 Å². The number of carbonyl (C=O) groups excluding carboxylic acids is 1. The summed E-state index contributed by atoms with van der Waals surface area (Å²) in [5.41, 5.74) is 2.64. The lowest BCUT2D eigenvalue weighted by molar-refractivity contribution is -0.142. The molecule has 2 heteroatoms. The van der Waals surface area contributed by atoms with Crippen LogP contribution in [-0.2, 0) is 9.53 Å². The van der Waals surface area contributed by atoms with Crippen molar-refractivity contribution in [3.63, 3.8) is 0 Å². The summed E-state index contributed by atoms with van der Waals surface area (Å²) < 4.78 is 5.16. The molecule has 0 radical (unpaired) electrons. The van der Waals surface area contributed by atoms with Crippen LogP contribution in [0.2, 0.25) is 0 Å². The summed E-state index contributed by atoms with van der Waals surface area (Å²) in [6, 6.07) is 0. The Morgan fingerprint density at radius 2 is 1.78 bits per heavy atom. The van der Waals surface area contributed by atoms with Crippen LogP contribution in [0.15, 0.2) is 23.3 Å². The van der Waals surface area contributed by atoms with Crippen molar-refractivity contribution in [1.82, 2.24) is 0 Å². The lowest BCUT2D eigenvalue weighted by Gasteiger charge is -2.03. The van der Waals surface area contributed by atoms with E-state index in [4.69, 9.17) is 4.74 Å². The molecule has 0 saturated carbocycles. The molecule has 0 atom stereocenters. The Hall–Kier alpha value is -1.05. The van der Waals surface area contributed by atoms with E-state index in [0.29, 0.717) is 13.0 Å². The van der Waals surface area contributed by atoms with E-state index in [-0.39, 0.29) is 5.97 Å². The van der Waals surface area contributed by atoms with Crippen LogP contribution in [-0.4, -0.2) is 12.6 Å². The monoisotopic (exact) mass is 252 g/mol. The van der Waals surface area contributed by atoms with E-state index in [9.17, 15) is 4.79 Å². The molecular formula is C16H28O2. The van der Waals surface area contributed by atoms with Crippen LogP contribution >= 0.6 is 0 Å². The van der Waals surface area contributed by atoms with Gasteiger partial charge in [0.1, 0.15) is 6.61 Å². The van der Waals surface area contributed by atoms with E-state index in [1.165, 1.54) is 11.1 Å². The Labute approximate surface area is 112 Å². The van der Waals surface area contributed by atoms with Gasteiger partial charge in [-0.05, 0) is 46.1 Å². The maximum atomic E-state index is 11.3. The van der Waals surface area contributed by atoms with Gasteiger partial charge in [0, 0.05) is 6.42 Å². The van der Waals surface area contributed by atoms with Gasteiger partial charge in [-0.3, -0.25) is 4.79 Å². The first-order valence-electron chi connectivity index (χ1n) is 7.00. The highest BCUT2D eigenvalue weighted by atomic mass is 16.5. The van der Waals surface area contributed by atoms with Gasteiger partial charge in [-0.2, -0.15) is 0 Å². The van der Waals surface area contributed by atoms with E-state index in [1.807, 2.05) is 6.08 Å². The van der Waals surface area contributed by atoms with Gasteiger partial charge in [-0.1, -0.05) is 37.0 Å². The fourth-order valence-corrected chi connectivity index (χ4v) is 1.56. The normalized spacial score (nSPS) is 11.2.